The van der Waals surface area contributed by atoms with E-state index < -0.39 is 11.8 Å². The van der Waals surface area contributed by atoms with Crippen LogP contribution < -0.4 is 15.5 Å². The summed E-state index contributed by atoms with van der Waals surface area (Å²) in [7, 11) is 4.27. The predicted molar refractivity (Wildman–Crippen MR) is 124 cm³/mol. The lowest BCUT2D eigenvalue weighted by molar-refractivity contribution is -0.136. The molecule has 0 radical (unpaired) electrons. The Balaban J connectivity index is 1.48. The normalized spacial score (nSPS) is 18.3. The van der Waals surface area contributed by atoms with Crippen molar-refractivity contribution in [3.63, 3.8) is 0 Å². The molecule has 3 heterocycles. The summed E-state index contributed by atoms with van der Waals surface area (Å²) in [6.45, 7) is 5.31. The van der Waals surface area contributed by atoms with Gasteiger partial charge in [-0.3, -0.25) is 19.8 Å². The molecule has 1 saturated heterocycles. The molecule has 166 valence electrons. The number of carbonyl (C=O) groups excluding carboxylic acids is 2. The van der Waals surface area contributed by atoms with E-state index in [0.717, 1.165) is 45.6 Å². The van der Waals surface area contributed by atoms with Crippen LogP contribution in [-0.2, 0) is 16.0 Å². The summed E-state index contributed by atoms with van der Waals surface area (Å²) in [5, 5.41) is 7.58. The minimum Gasteiger partial charge on any atom is -0.374 e. The Morgan fingerprint density at radius 3 is 2.68 bits per heavy atom. The zero-order chi connectivity index (χ0) is 21.8. The van der Waals surface area contributed by atoms with E-state index in [4.69, 9.17) is 0 Å². The molecule has 2 aliphatic rings. The number of anilines is 2. The van der Waals surface area contributed by atoms with Crippen molar-refractivity contribution in [1.29, 1.82) is 0 Å². The first kappa shape index (κ1) is 21.7. The van der Waals surface area contributed by atoms with Crippen LogP contribution in [0.2, 0.25) is 0 Å². The molecular formula is C22H30N6O2S. The molecule has 8 nitrogen and oxygen atoms in total. The number of aromatic nitrogens is 1. The molecule has 1 aromatic heterocycles. The molecule has 9 heteroatoms. The third-order valence-electron chi connectivity index (χ3n) is 6.13. The maximum Gasteiger partial charge on any atom is 0.315 e. The first-order chi connectivity index (χ1) is 15.0. The monoisotopic (exact) mass is 442 g/mol. The number of nitrogens with one attached hydrogen (secondary N) is 2. The summed E-state index contributed by atoms with van der Waals surface area (Å²) in [5.41, 5.74) is 3.84. The number of piperazine rings is 1. The van der Waals surface area contributed by atoms with E-state index in [1.807, 2.05) is 0 Å². The standard InChI is InChI=1S/C22H30N6O2S/c1-26-9-11-28(12-10-26)19(15-24-20(29)21(30)25-22-23-7-13-31-22)17-5-6-18-16(14-17)4-3-8-27(18)2/h5-7,13-14,19H,3-4,8-12,15H2,1-2H3,(H,24,29)(H,23,25,30). The number of nitrogens with zero attached hydrogens (tertiary/aromatic N) is 4. The number of benzene rings is 1. The quantitative estimate of drug-likeness (QED) is 0.685. The van der Waals surface area contributed by atoms with Gasteiger partial charge in [-0.25, -0.2) is 4.98 Å². The maximum absolute atomic E-state index is 12.4. The van der Waals surface area contributed by atoms with Crippen LogP contribution >= 0.6 is 11.3 Å². The Bertz CT molecular complexity index is 911. The van der Waals surface area contributed by atoms with E-state index in [1.54, 1.807) is 11.6 Å². The Hall–Kier alpha value is -2.49. The molecule has 0 bridgehead atoms. The largest absolute Gasteiger partial charge is 0.374 e. The van der Waals surface area contributed by atoms with Gasteiger partial charge >= 0.3 is 11.8 Å². The summed E-state index contributed by atoms with van der Waals surface area (Å²) in [6, 6.07) is 6.69. The van der Waals surface area contributed by atoms with Crippen molar-refractivity contribution in [2.75, 3.05) is 63.6 Å². The molecule has 1 fully saturated rings. The summed E-state index contributed by atoms with van der Waals surface area (Å²) in [6.07, 6.45) is 3.82. The van der Waals surface area contributed by atoms with Gasteiger partial charge in [-0.15, -0.1) is 11.3 Å². The highest BCUT2D eigenvalue weighted by Crippen LogP contribution is 2.31. The number of fused-ring (bicyclic) bond motifs is 1. The van der Waals surface area contributed by atoms with Crippen molar-refractivity contribution in [2.24, 2.45) is 0 Å². The van der Waals surface area contributed by atoms with Gasteiger partial charge in [-0.2, -0.15) is 0 Å². The molecule has 2 aliphatic heterocycles. The first-order valence-corrected chi connectivity index (χ1v) is 11.6. The first-order valence-electron chi connectivity index (χ1n) is 10.8. The summed E-state index contributed by atoms with van der Waals surface area (Å²) < 4.78 is 0. The van der Waals surface area contributed by atoms with Crippen molar-refractivity contribution in [1.82, 2.24) is 20.1 Å². The smallest absolute Gasteiger partial charge is 0.315 e. The van der Waals surface area contributed by atoms with Crippen molar-refractivity contribution in [2.45, 2.75) is 18.9 Å². The molecule has 0 aliphatic carbocycles. The Morgan fingerprint density at radius 2 is 1.94 bits per heavy atom. The van der Waals surface area contributed by atoms with E-state index in [0.29, 0.717) is 11.7 Å². The molecule has 2 N–H and O–H groups in total. The number of hydrogen-bond donors (Lipinski definition) is 2. The van der Waals surface area contributed by atoms with Crippen molar-refractivity contribution >= 4 is 34.0 Å². The average molecular weight is 443 g/mol. The van der Waals surface area contributed by atoms with Crippen LogP contribution in [0.25, 0.3) is 0 Å². The number of likely N-dealkylation sites (N-methyl/N-ethyl adjacent to an activating group) is 1. The highest BCUT2D eigenvalue weighted by Gasteiger charge is 2.27. The Kier molecular flexibility index (Phi) is 6.84. The zero-order valence-electron chi connectivity index (χ0n) is 18.1. The second-order valence-corrected chi connectivity index (χ2v) is 9.16. The average Bonchev–Trinajstić information content (AvgIpc) is 3.28. The SMILES string of the molecule is CN1CCN(C(CNC(=O)C(=O)Nc2nccs2)c2ccc3c(c2)CCCN3C)CC1. The molecule has 4 rings (SSSR count). The van der Waals surface area contributed by atoms with Crippen molar-refractivity contribution in [3.8, 4) is 0 Å². The molecular weight excluding hydrogens is 412 g/mol. The number of rotatable bonds is 5. The van der Waals surface area contributed by atoms with Crippen molar-refractivity contribution in [3.05, 3.63) is 40.9 Å². The van der Waals surface area contributed by atoms with Gasteiger partial charge in [0.1, 0.15) is 0 Å². The van der Waals surface area contributed by atoms with Gasteiger partial charge in [-0.05, 0) is 37.1 Å². The molecule has 2 aromatic rings. The van der Waals surface area contributed by atoms with E-state index in [2.05, 4.69) is 62.6 Å². The minimum absolute atomic E-state index is 0.0304. The van der Waals surface area contributed by atoms with Gasteiger partial charge in [0, 0.05) is 63.6 Å². The van der Waals surface area contributed by atoms with Gasteiger partial charge in [0.05, 0.1) is 6.04 Å². The fourth-order valence-corrected chi connectivity index (χ4v) is 4.84. The number of thiazole rings is 1. The molecule has 2 amide bonds. The highest BCUT2D eigenvalue weighted by atomic mass is 32.1. The lowest BCUT2D eigenvalue weighted by atomic mass is 9.95. The van der Waals surface area contributed by atoms with E-state index >= 15 is 0 Å². The Labute approximate surface area is 187 Å². The van der Waals surface area contributed by atoms with E-state index in [-0.39, 0.29) is 6.04 Å². The number of aryl methyl sites for hydroxylation is 1. The maximum atomic E-state index is 12.4. The molecule has 31 heavy (non-hydrogen) atoms. The lowest BCUT2D eigenvalue weighted by Gasteiger charge is -2.39. The zero-order valence-corrected chi connectivity index (χ0v) is 19.0. The molecule has 1 unspecified atom stereocenters. The summed E-state index contributed by atoms with van der Waals surface area (Å²) >= 11 is 1.29. The van der Waals surface area contributed by atoms with E-state index in [1.165, 1.54) is 28.2 Å². The van der Waals surface area contributed by atoms with Gasteiger partial charge in [0.25, 0.3) is 0 Å². The summed E-state index contributed by atoms with van der Waals surface area (Å²) in [5.74, 6) is -1.31. The second kappa shape index (κ2) is 9.76. The van der Waals surface area contributed by atoms with Gasteiger partial charge in [-0.1, -0.05) is 12.1 Å². The molecule has 0 spiro atoms. The van der Waals surface area contributed by atoms with Crippen molar-refractivity contribution < 1.29 is 9.59 Å². The van der Waals surface area contributed by atoms with Gasteiger partial charge in [0.15, 0.2) is 5.13 Å². The number of carbonyl (C=O) groups is 2. The number of hydrogen-bond acceptors (Lipinski definition) is 7. The van der Waals surface area contributed by atoms with Crippen LogP contribution in [0, 0.1) is 0 Å². The van der Waals surface area contributed by atoms with Crippen LogP contribution in [0.4, 0.5) is 10.8 Å². The lowest BCUT2D eigenvalue weighted by Crippen LogP contribution is -2.49. The predicted octanol–water partition coefficient (Wildman–Crippen LogP) is 1.57. The Morgan fingerprint density at radius 1 is 1.13 bits per heavy atom. The van der Waals surface area contributed by atoms with Crippen LogP contribution in [0.3, 0.4) is 0 Å². The molecule has 1 atom stereocenters. The fourth-order valence-electron chi connectivity index (χ4n) is 4.31. The fraction of sp³-hybridized carbons (Fsp3) is 0.500. The topological polar surface area (TPSA) is 80.8 Å². The molecule has 0 saturated carbocycles. The summed E-state index contributed by atoms with van der Waals surface area (Å²) in [4.78, 5) is 35.7. The minimum atomic E-state index is -0.681. The van der Waals surface area contributed by atoms with Gasteiger partial charge < -0.3 is 15.1 Å². The van der Waals surface area contributed by atoms with Crippen LogP contribution in [-0.4, -0.2) is 80.0 Å². The second-order valence-electron chi connectivity index (χ2n) is 8.27. The van der Waals surface area contributed by atoms with Crippen LogP contribution in [0.15, 0.2) is 29.8 Å². The van der Waals surface area contributed by atoms with Crippen LogP contribution in [0.1, 0.15) is 23.6 Å². The van der Waals surface area contributed by atoms with E-state index in [9.17, 15) is 9.59 Å². The number of amides is 2. The third kappa shape index (κ3) is 5.23. The highest BCUT2D eigenvalue weighted by molar-refractivity contribution is 7.13. The van der Waals surface area contributed by atoms with Crippen LogP contribution in [0.5, 0.6) is 0 Å². The van der Waals surface area contributed by atoms with Gasteiger partial charge in [0.2, 0.25) is 0 Å². The molecule has 1 aromatic carbocycles. The third-order valence-corrected chi connectivity index (χ3v) is 6.82.